The molecule has 1 aliphatic rings. The maximum atomic E-state index is 6.22. The molecule has 6 nitrogen and oxygen atoms in total. The first kappa shape index (κ1) is 31.4. The zero-order valence-corrected chi connectivity index (χ0v) is 26.9. The van der Waals surface area contributed by atoms with Crippen LogP contribution in [0.3, 0.4) is 0 Å². The molecule has 0 bridgehead atoms. The average molecular weight is 595 g/mol. The van der Waals surface area contributed by atoms with Crippen LogP contribution in [0.25, 0.3) is 0 Å². The van der Waals surface area contributed by atoms with E-state index in [1.165, 1.54) is 48.1 Å². The fourth-order valence-electron chi connectivity index (χ4n) is 5.97. The van der Waals surface area contributed by atoms with Crippen LogP contribution in [0.1, 0.15) is 61.8 Å². The van der Waals surface area contributed by atoms with Crippen molar-refractivity contribution >= 4 is 5.69 Å². The van der Waals surface area contributed by atoms with Crippen LogP contribution >= 0.6 is 0 Å². The number of benzene rings is 3. The Morgan fingerprint density at radius 3 is 2.20 bits per heavy atom. The van der Waals surface area contributed by atoms with Crippen molar-refractivity contribution in [3.05, 3.63) is 107 Å². The van der Waals surface area contributed by atoms with E-state index < -0.39 is 0 Å². The number of fused-ring (bicyclic) bond motifs is 1. The second-order valence-electron chi connectivity index (χ2n) is 12.3. The molecule has 5 rings (SSSR count). The average Bonchev–Trinajstić information content (AvgIpc) is 3.05. The van der Waals surface area contributed by atoms with Crippen molar-refractivity contribution in [3.8, 4) is 23.1 Å². The Hall–Kier alpha value is -4.03. The second-order valence-corrected chi connectivity index (χ2v) is 12.3. The van der Waals surface area contributed by atoms with Gasteiger partial charge in [0.2, 0.25) is 5.88 Å². The summed E-state index contributed by atoms with van der Waals surface area (Å²) >= 11 is 0. The van der Waals surface area contributed by atoms with Gasteiger partial charge in [0.05, 0.1) is 20.7 Å². The van der Waals surface area contributed by atoms with Crippen molar-refractivity contribution < 1.29 is 18.7 Å². The third-order valence-corrected chi connectivity index (χ3v) is 8.55. The van der Waals surface area contributed by atoms with Gasteiger partial charge in [0.25, 0.3) is 0 Å². The Bertz CT molecular complexity index is 1450. The van der Waals surface area contributed by atoms with Crippen LogP contribution in [0, 0.1) is 0 Å². The summed E-state index contributed by atoms with van der Waals surface area (Å²) in [5.74, 6) is 3.03. The maximum Gasteiger partial charge on any atom is 0.219 e. The number of pyridine rings is 1. The lowest BCUT2D eigenvalue weighted by Crippen LogP contribution is -2.46. The predicted molar refractivity (Wildman–Crippen MR) is 179 cm³/mol. The summed E-state index contributed by atoms with van der Waals surface area (Å²) < 4.78 is 18.9. The van der Waals surface area contributed by atoms with Gasteiger partial charge in [-0.05, 0) is 66.4 Å². The lowest BCUT2D eigenvalue weighted by molar-refractivity contribution is -0.937. The van der Waals surface area contributed by atoms with E-state index >= 15 is 0 Å². The molecule has 2 heterocycles. The van der Waals surface area contributed by atoms with Crippen LogP contribution in [0.2, 0.25) is 0 Å². The molecule has 4 aromatic rings. The summed E-state index contributed by atoms with van der Waals surface area (Å²) in [5, 5.41) is 0. The van der Waals surface area contributed by atoms with Gasteiger partial charge < -0.3 is 23.6 Å². The Morgan fingerprint density at radius 1 is 0.818 bits per heavy atom. The first-order valence-electron chi connectivity index (χ1n) is 16.2. The van der Waals surface area contributed by atoms with Gasteiger partial charge in [-0.2, -0.15) is 0 Å². The number of methoxy groups -OCH3 is 1. The molecule has 232 valence electrons. The number of anilines is 1. The Kier molecular flexibility index (Phi) is 10.8. The van der Waals surface area contributed by atoms with E-state index in [4.69, 9.17) is 14.2 Å². The first-order valence-corrected chi connectivity index (χ1v) is 16.2. The van der Waals surface area contributed by atoms with Crippen LogP contribution in [-0.4, -0.2) is 43.3 Å². The SMILES string of the molecule is CCCCN(CCCC)c1ccc(Oc2ccc(C[N+]3(C)CCc4cc(OC)c(OCc5ccccc5)cc4C3)cn2)cc1. The third kappa shape index (κ3) is 8.32. The van der Waals surface area contributed by atoms with E-state index in [1.54, 1.807) is 7.11 Å². The number of quaternary nitrogens is 1. The largest absolute Gasteiger partial charge is 0.493 e. The Labute approximate surface area is 263 Å². The van der Waals surface area contributed by atoms with Crippen molar-refractivity contribution in [1.29, 1.82) is 0 Å². The molecule has 0 fully saturated rings. The molecule has 0 saturated heterocycles. The molecule has 0 amide bonds. The normalized spacial score (nSPS) is 15.8. The quantitative estimate of drug-likeness (QED) is 0.129. The molecule has 44 heavy (non-hydrogen) atoms. The number of hydrogen-bond acceptors (Lipinski definition) is 5. The fraction of sp³-hybridized carbons (Fsp3) is 0.395. The van der Waals surface area contributed by atoms with Crippen LogP contribution in [0.4, 0.5) is 5.69 Å². The second kappa shape index (κ2) is 15.1. The summed E-state index contributed by atoms with van der Waals surface area (Å²) in [5.41, 5.74) is 6.27. The highest BCUT2D eigenvalue weighted by molar-refractivity contribution is 5.50. The topological polar surface area (TPSA) is 43.8 Å². The molecule has 6 heteroatoms. The molecule has 1 unspecified atom stereocenters. The highest BCUT2D eigenvalue weighted by Gasteiger charge is 2.30. The number of aromatic nitrogens is 1. The smallest absolute Gasteiger partial charge is 0.219 e. The number of likely N-dealkylation sites (N-methyl/N-ethyl adjacent to an activating group) is 1. The van der Waals surface area contributed by atoms with E-state index in [-0.39, 0.29) is 0 Å². The molecular formula is C38H48N3O3+. The van der Waals surface area contributed by atoms with Gasteiger partial charge in [-0.25, -0.2) is 4.98 Å². The van der Waals surface area contributed by atoms with E-state index in [1.807, 2.05) is 30.5 Å². The van der Waals surface area contributed by atoms with Crippen LogP contribution in [0.15, 0.2) is 85.1 Å². The van der Waals surface area contributed by atoms with Crippen molar-refractivity contribution in [1.82, 2.24) is 4.98 Å². The van der Waals surface area contributed by atoms with Gasteiger partial charge in [0.15, 0.2) is 11.5 Å². The van der Waals surface area contributed by atoms with Gasteiger partial charge in [-0.3, -0.25) is 0 Å². The summed E-state index contributed by atoms with van der Waals surface area (Å²) in [6.07, 6.45) is 7.79. The van der Waals surface area contributed by atoms with Crippen LogP contribution in [-0.2, 0) is 26.1 Å². The van der Waals surface area contributed by atoms with Gasteiger partial charge in [0.1, 0.15) is 25.4 Å². The Balaban J connectivity index is 1.20. The number of rotatable bonds is 15. The molecule has 0 saturated carbocycles. The molecule has 1 atom stereocenters. The molecule has 0 aliphatic carbocycles. The standard InChI is InChI=1S/C38H48N3O3/c1-5-7-21-40(22-8-6-2)34-15-17-35(18-16-34)44-38-19-14-31(26-39-38)27-41(3)23-20-32-24-36(42-4)37(25-33(32)28-41)43-29-30-12-10-9-11-13-30/h9-19,24-26H,5-8,20-23,27-29H2,1-4H3/q+1. The minimum absolute atomic E-state index is 0.517. The maximum absolute atomic E-state index is 6.22. The highest BCUT2D eigenvalue weighted by atomic mass is 16.5. The summed E-state index contributed by atoms with van der Waals surface area (Å²) in [6, 6.07) is 27.2. The number of hydrogen-bond donors (Lipinski definition) is 0. The lowest BCUT2D eigenvalue weighted by Gasteiger charge is -2.39. The van der Waals surface area contributed by atoms with Gasteiger partial charge >= 0.3 is 0 Å². The van der Waals surface area contributed by atoms with Crippen LogP contribution in [0.5, 0.6) is 23.1 Å². The highest BCUT2D eigenvalue weighted by Crippen LogP contribution is 2.36. The Morgan fingerprint density at radius 2 is 1.55 bits per heavy atom. The van der Waals surface area contributed by atoms with E-state index in [9.17, 15) is 0 Å². The zero-order chi connectivity index (χ0) is 30.8. The molecule has 0 radical (unpaired) electrons. The fourth-order valence-corrected chi connectivity index (χ4v) is 5.97. The number of ether oxygens (including phenoxy) is 3. The van der Waals surface area contributed by atoms with E-state index in [0.717, 1.165) is 66.4 Å². The number of nitrogens with zero attached hydrogens (tertiary/aromatic N) is 3. The minimum Gasteiger partial charge on any atom is -0.493 e. The molecular weight excluding hydrogens is 546 g/mol. The zero-order valence-electron chi connectivity index (χ0n) is 26.9. The first-order chi connectivity index (χ1) is 21.5. The lowest BCUT2D eigenvalue weighted by atomic mass is 9.96. The van der Waals surface area contributed by atoms with Crippen molar-refractivity contribution in [3.63, 3.8) is 0 Å². The van der Waals surface area contributed by atoms with E-state index in [2.05, 4.69) is 85.4 Å². The monoisotopic (exact) mass is 594 g/mol. The summed E-state index contributed by atoms with van der Waals surface area (Å²) in [7, 11) is 4.04. The molecule has 3 aromatic carbocycles. The number of unbranched alkanes of at least 4 members (excludes halogenated alkanes) is 2. The molecule has 0 spiro atoms. The molecule has 1 aromatic heterocycles. The van der Waals surface area contributed by atoms with Gasteiger partial charge in [-0.1, -0.05) is 57.0 Å². The summed E-state index contributed by atoms with van der Waals surface area (Å²) in [6.45, 7) is 10.1. The van der Waals surface area contributed by atoms with Gasteiger partial charge in [0, 0.05) is 48.6 Å². The minimum atomic E-state index is 0.517. The molecule has 1 aliphatic heterocycles. The molecule has 0 N–H and O–H groups in total. The third-order valence-electron chi connectivity index (χ3n) is 8.55. The summed E-state index contributed by atoms with van der Waals surface area (Å²) in [4.78, 5) is 7.15. The van der Waals surface area contributed by atoms with Crippen LogP contribution < -0.4 is 19.1 Å². The van der Waals surface area contributed by atoms with E-state index in [0.29, 0.717) is 12.5 Å². The van der Waals surface area contributed by atoms with Crippen molar-refractivity contribution in [2.75, 3.05) is 38.7 Å². The van der Waals surface area contributed by atoms with Crippen molar-refractivity contribution in [2.45, 2.75) is 65.6 Å². The van der Waals surface area contributed by atoms with Crippen molar-refractivity contribution in [2.24, 2.45) is 0 Å². The predicted octanol–water partition coefficient (Wildman–Crippen LogP) is 8.57. The van der Waals surface area contributed by atoms with Gasteiger partial charge in [-0.15, -0.1) is 0 Å².